The molecule has 2 aromatic heterocycles. The molecule has 2 unspecified atom stereocenters. The van der Waals surface area contributed by atoms with Crippen LogP contribution in [0.15, 0.2) is 70.3 Å². The topological polar surface area (TPSA) is 56.3 Å². The second kappa shape index (κ2) is 11.4. The predicted molar refractivity (Wildman–Crippen MR) is 158 cm³/mol. The molecule has 3 aliphatic rings. The van der Waals surface area contributed by atoms with Gasteiger partial charge in [0.1, 0.15) is 4.87 Å². The molecule has 0 spiro atoms. The lowest BCUT2D eigenvalue weighted by Gasteiger charge is -2.36. The van der Waals surface area contributed by atoms with Crippen LogP contribution < -0.4 is 10.7 Å². The number of nitrogens with one attached hydrogen (secondary N) is 2. The van der Waals surface area contributed by atoms with Gasteiger partial charge in [0.25, 0.3) is 0 Å². The molecule has 5 heterocycles. The van der Waals surface area contributed by atoms with Crippen molar-refractivity contribution < 1.29 is 0 Å². The number of hydrogen-bond donors (Lipinski definition) is 2. The van der Waals surface area contributed by atoms with E-state index < -0.39 is 9.87 Å². The zero-order valence-corrected chi connectivity index (χ0v) is 23.1. The highest BCUT2D eigenvalue weighted by atomic mass is 35.5. The molecule has 8 bridgehead atoms. The standard InChI is InChI=1S/C31H36Cl2N4/c1-2-3-4-5-6-7-8-9-10-18-30(32)29-16-15-27(36-29)21-25-12-11-23(34-25)20-24-13-14-26(35-24)22-28-17-19-31(30,33)37-28/h11-17,19-22,34,36H,2-10,18H2,1H3. The van der Waals surface area contributed by atoms with Gasteiger partial charge < -0.3 is 9.97 Å². The minimum absolute atomic E-state index is 0.731. The Hall–Kier alpha value is -2.56. The second-order valence-electron chi connectivity index (χ2n) is 10.3. The largest absolute Gasteiger partial charge is 0.357 e. The van der Waals surface area contributed by atoms with Gasteiger partial charge in [0, 0.05) is 22.1 Å². The van der Waals surface area contributed by atoms with Crippen molar-refractivity contribution in [2.24, 2.45) is 9.98 Å². The third-order valence-corrected chi connectivity index (χ3v) is 8.72. The lowest BCUT2D eigenvalue weighted by atomic mass is 9.89. The van der Waals surface area contributed by atoms with Gasteiger partial charge in [-0.15, -0.1) is 11.6 Å². The summed E-state index contributed by atoms with van der Waals surface area (Å²) in [5, 5.41) is 2.01. The monoisotopic (exact) mass is 534 g/mol. The molecule has 0 radical (unpaired) electrons. The molecule has 0 amide bonds. The second-order valence-corrected chi connectivity index (χ2v) is 11.6. The fourth-order valence-electron chi connectivity index (χ4n) is 5.30. The first-order valence-corrected chi connectivity index (χ1v) is 14.5. The molecule has 5 rings (SSSR count). The van der Waals surface area contributed by atoms with Gasteiger partial charge in [-0.2, -0.15) is 0 Å². The Morgan fingerprint density at radius 3 is 2.24 bits per heavy atom. The summed E-state index contributed by atoms with van der Waals surface area (Å²) in [6.07, 6.45) is 26.0. The predicted octanol–water partition coefficient (Wildman–Crippen LogP) is 7.16. The van der Waals surface area contributed by atoms with Crippen LogP contribution in [0.3, 0.4) is 0 Å². The molecule has 0 aliphatic carbocycles. The average molecular weight is 536 g/mol. The van der Waals surface area contributed by atoms with E-state index in [1.807, 2.05) is 36.5 Å². The first-order valence-electron chi connectivity index (χ1n) is 13.7. The van der Waals surface area contributed by atoms with Crippen molar-refractivity contribution in [2.75, 3.05) is 0 Å². The summed E-state index contributed by atoms with van der Waals surface area (Å²) in [7, 11) is 0. The van der Waals surface area contributed by atoms with Crippen molar-refractivity contribution in [1.29, 1.82) is 0 Å². The molecule has 0 aromatic carbocycles. The van der Waals surface area contributed by atoms with Gasteiger partial charge in [0.2, 0.25) is 0 Å². The maximum atomic E-state index is 7.51. The summed E-state index contributed by atoms with van der Waals surface area (Å²) >= 11 is 14.8. The Kier molecular flexibility index (Phi) is 8.07. The molecule has 4 nitrogen and oxygen atoms in total. The van der Waals surface area contributed by atoms with E-state index >= 15 is 0 Å². The molecule has 0 fully saturated rings. The summed E-state index contributed by atoms with van der Waals surface area (Å²) in [5.74, 6) is 0. The van der Waals surface area contributed by atoms with E-state index in [-0.39, 0.29) is 0 Å². The van der Waals surface area contributed by atoms with Crippen LogP contribution in [0.4, 0.5) is 0 Å². The van der Waals surface area contributed by atoms with Crippen molar-refractivity contribution in [2.45, 2.75) is 81.0 Å². The Morgan fingerprint density at radius 2 is 1.46 bits per heavy atom. The Labute approximate surface area is 229 Å². The summed E-state index contributed by atoms with van der Waals surface area (Å²) in [6, 6.07) is 8.24. The van der Waals surface area contributed by atoms with Crippen LogP contribution in [-0.4, -0.2) is 26.4 Å². The Morgan fingerprint density at radius 1 is 0.730 bits per heavy atom. The number of H-pyrrole nitrogens is 2. The Balaban J connectivity index is 1.41. The number of rotatable bonds is 10. The van der Waals surface area contributed by atoms with Gasteiger partial charge in [0.05, 0.1) is 17.1 Å². The minimum atomic E-state index is -1.08. The van der Waals surface area contributed by atoms with E-state index in [0.29, 0.717) is 0 Å². The van der Waals surface area contributed by atoms with Crippen molar-refractivity contribution in [3.63, 3.8) is 0 Å². The van der Waals surface area contributed by atoms with Gasteiger partial charge in [-0.25, -0.2) is 4.99 Å². The van der Waals surface area contributed by atoms with Crippen LogP contribution in [-0.2, 0) is 4.87 Å². The fourth-order valence-corrected chi connectivity index (χ4v) is 6.00. The highest BCUT2D eigenvalue weighted by Gasteiger charge is 2.51. The number of unbranched alkanes of at least 4 members (excludes halogenated alkanes) is 8. The molecule has 0 saturated heterocycles. The lowest BCUT2D eigenvalue weighted by molar-refractivity contribution is 0.427. The van der Waals surface area contributed by atoms with E-state index in [2.05, 4.69) is 47.2 Å². The number of hydrogen-bond acceptors (Lipinski definition) is 2. The first kappa shape index (κ1) is 26.1. The van der Waals surface area contributed by atoms with Gasteiger partial charge in [-0.3, -0.25) is 4.99 Å². The number of alkyl halides is 2. The first-order chi connectivity index (χ1) is 18.0. The van der Waals surface area contributed by atoms with Crippen LogP contribution in [0.25, 0.3) is 12.2 Å². The summed E-state index contributed by atoms with van der Waals surface area (Å²) < 4.78 is 0. The zero-order valence-electron chi connectivity index (χ0n) is 21.6. The number of aliphatic imine (C=N–C) groups is 2. The van der Waals surface area contributed by atoms with Gasteiger partial charge in [-0.1, -0.05) is 76.3 Å². The van der Waals surface area contributed by atoms with Crippen molar-refractivity contribution in [1.82, 2.24) is 9.97 Å². The lowest BCUT2D eigenvalue weighted by Crippen LogP contribution is -2.40. The molecule has 2 N–H and O–H groups in total. The molecule has 3 aliphatic heterocycles. The van der Waals surface area contributed by atoms with E-state index in [4.69, 9.17) is 33.2 Å². The maximum Gasteiger partial charge on any atom is 0.177 e. The number of halogens is 2. The molecular formula is C31H36Cl2N4. The molecule has 194 valence electrons. The third-order valence-electron chi connectivity index (χ3n) is 7.41. The third kappa shape index (κ3) is 5.97. The van der Waals surface area contributed by atoms with E-state index in [1.54, 1.807) is 0 Å². The summed E-state index contributed by atoms with van der Waals surface area (Å²) in [5.41, 5.74) is 4.39. The van der Waals surface area contributed by atoms with E-state index in [0.717, 1.165) is 58.5 Å². The van der Waals surface area contributed by atoms with Crippen LogP contribution in [0.2, 0.25) is 0 Å². The van der Waals surface area contributed by atoms with Crippen molar-refractivity contribution >= 4 is 46.8 Å². The Bertz CT molecular complexity index is 1390. The maximum absolute atomic E-state index is 7.51. The quantitative estimate of drug-likeness (QED) is 0.184. The molecule has 6 heteroatoms. The molecule has 37 heavy (non-hydrogen) atoms. The smallest absolute Gasteiger partial charge is 0.177 e. The summed E-state index contributed by atoms with van der Waals surface area (Å²) in [4.78, 5) is 14.7. The highest BCUT2D eigenvalue weighted by molar-refractivity contribution is 6.37. The molecule has 2 atom stereocenters. The number of aromatic nitrogens is 2. The van der Waals surface area contributed by atoms with Crippen molar-refractivity contribution in [3.05, 3.63) is 82.4 Å². The van der Waals surface area contributed by atoms with Crippen LogP contribution in [0.5, 0.6) is 0 Å². The fraction of sp³-hybridized carbons (Fsp3) is 0.419. The average Bonchev–Trinajstić information content (AvgIpc) is 3.68. The number of nitrogens with zero attached hydrogens (tertiary/aromatic N) is 2. The minimum Gasteiger partial charge on any atom is -0.357 e. The zero-order chi connectivity index (χ0) is 25.7. The normalized spacial score (nSPS) is 23.9. The van der Waals surface area contributed by atoms with Gasteiger partial charge in [-0.05, 0) is 73.2 Å². The van der Waals surface area contributed by atoms with Crippen LogP contribution in [0.1, 0.15) is 82.5 Å². The van der Waals surface area contributed by atoms with Gasteiger partial charge in [0.15, 0.2) is 5.00 Å². The number of allylic oxidation sites excluding steroid dienone is 4. The SMILES string of the molecule is CCCCCCCCCCCC1(Cl)c2ccc([nH]2)C=c2ccc([nH]2)=CC2=NC(=CC3=NC1(Cl)C=C3)C=C2. The summed E-state index contributed by atoms with van der Waals surface area (Å²) in [6.45, 7) is 2.26. The number of aromatic amines is 2. The van der Waals surface area contributed by atoms with Crippen LogP contribution in [0, 0.1) is 0 Å². The molecule has 2 aromatic rings. The number of fused-ring (bicyclic) bond motifs is 6. The van der Waals surface area contributed by atoms with Gasteiger partial charge >= 0.3 is 0 Å². The van der Waals surface area contributed by atoms with E-state index in [9.17, 15) is 0 Å². The highest BCUT2D eigenvalue weighted by Crippen LogP contribution is 2.51. The van der Waals surface area contributed by atoms with Crippen molar-refractivity contribution in [3.8, 4) is 0 Å². The molecule has 0 saturated carbocycles. The van der Waals surface area contributed by atoms with Crippen LogP contribution >= 0.6 is 23.2 Å². The molecular weight excluding hydrogens is 499 g/mol. The van der Waals surface area contributed by atoms with E-state index in [1.165, 1.54) is 44.9 Å².